The van der Waals surface area contributed by atoms with Crippen LogP contribution in [0, 0.1) is 6.92 Å². The van der Waals surface area contributed by atoms with Crippen molar-refractivity contribution in [2.75, 3.05) is 11.6 Å². The number of aromatic carboxylic acids is 1. The average molecular weight is 279 g/mol. The molecular formula is C15H21NO2S. The minimum atomic E-state index is -0.866. The van der Waals surface area contributed by atoms with Crippen molar-refractivity contribution in [1.29, 1.82) is 0 Å². The number of carboxylic acid groups (broad SMARTS) is 1. The van der Waals surface area contributed by atoms with E-state index in [0.717, 1.165) is 16.5 Å². The highest BCUT2D eigenvalue weighted by Gasteiger charge is 2.20. The summed E-state index contributed by atoms with van der Waals surface area (Å²) in [5.41, 5.74) is 2.43. The quantitative estimate of drug-likeness (QED) is 0.880. The maximum atomic E-state index is 10.9. The highest BCUT2D eigenvalue weighted by molar-refractivity contribution is 7.99. The lowest BCUT2D eigenvalue weighted by Gasteiger charge is -2.29. The van der Waals surface area contributed by atoms with Crippen LogP contribution in [0.1, 0.15) is 41.6 Å². The first kappa shape index (κ1) is 14.3. The topological polar surface area (TPSA) is 49.3 Å². The van der Waals surface area contributed by atoms with Gasteiger partial charge in [0.1, 0.15) is 0 Å². The minimum Gasteiger partial charge on any atom is -0.478 e. The van der Waals surface area contributed by atoms with Crippen molar-refractivity contribution < 1.29 is 9.90 Å². The molecule has 1 saturated carbocycles. The summed E-state index contributed by atoms with van der Waals surface area (Å²) >= 11 is 1.97. The van der Waals surface area contributed by atoms with E-state index in [1.54, 1.807) is 12.1 Å². The summed E-state index contributed by atoms with van der Waals surface area (Å²) in [7, 11) is 0. The fourth-order valence-corrected chi connectivity index (χ4v) is 3.37. The maximum Gasteiger partial charge on any atom is 0.335 e. The third-order valence-electron chi connectivity index (χ3n) is 3.84. The zero-order valence-electron chi connectivity index (χ0n) is 11.5. The number of nitrogens with one attached hydrogen (secondary N) is 1. The third kappa shape index (κ3) is 3.66. The Morgan fingerprint density at radius 2 is 2.00 bits per heavy atom. The van der Waals surface area contributed by atoms with Gasteiger partial charge in [0, 0.05) is 17.0 Å². The summed E-state index contributed by atoms with van der Waals surface area (Å²) in [4.78, 5) is 10.9. The highest BCUT2D eigenvalue weighted by atomic mass is 32.2. The lowest BCUT2D eigenvalue weighted by atomic mass is 9.94. The Morgan fingerprint density at radius 3 is 2.53 bits per heavy atom. The smallest absolute Gasteiger partial charge is 0.335 e. The first-order chi connectivity index (χ1) is 9.10. The van der Waals surface area contributed by atoms with Crippen molar-refractivity contribution in [2.24, 2.45) is 0 Å². The van der Waals surface area contributed by atoms with E-state index in [9.17, 15) is 4.79 Å². The normalized spacial score (nSPS) is 23.1. The van der Waals surface area contributed by atoms with Gasteiger partial charge in [-0.15, -0.1) is 0 Å². The largest absolute Gasteiger partial charge is 0.478 e. The van der Waals surface area contributed by atoms with Crippen LogP contribution in [-0.2, 0) is 0 Å². The van der Waals surface area contributed by atoms with Crippen LogP contribution in [0.3, 0.4) is 0 Å². The standard InChI is InChI=1S/C15H21NO2S/c1-10-9-11(15(17)18)3-8-14(10)16-12-4-6-13(19-2)7-5-12/h3,8-9,12-13,16H,4-7H2,1-2H3,(H,17,18). The Morgan fingerprint density at radius 1 is 1.32 bits per heavy atom. The second-order valence-corrected chi connectivity index (χ2v) is 6.33. The van der Waals surface area contributed by atoms with Crippen LogP contribution in [0.25, 0.3) is 0 Å². The van der Waals surface area contributed by atoms with E-state index in [4.69, 9.17) is 5.11 Å². The van der Waals surface area contributed by atoms with Crippen LogP contribution >= 0.6 is 11.8 Å². The van der Waals surface area contributed by atoms with E-state index in [1.165, 1.54) is 25.7 Å². The SMILES string of the molecule is CSC1CCC(Nc2ccc(C(=O)O)cc2C)CC1. The molecule has 0 heterocycles. The van der Waals surface area contributed by atoms with Gasteiger partial charge in [0.15, 0.2) is 0 Å². The number of anilines is 1. The van der Waals surface area contributed by atoms with E-state index in [2.05, 4.69) is 11.6 Å². The predicted molar refractivity (Wildman–Crippen MR) is 81.3 cm³/mol. The fourth-order valence-electron chi connectivity index (χ4n) is 2.62. The van der Waals surface area contributed by atoms with Gasteiger partial charge in [0.2, 0.25) is 0 Å². The molecule has 1 aromatic rings. The van der Waals surface area contributed by atoms with Crippen molar-refractivity contribution in [3.63, 3.8) is 0 Å². The molecule has 1 aliphatic carbocycles. The Balaban J connectivity index is 1.98. The number of hydrogen-bond donors (Lipinski definition) is 2. The van der Waals surface area contributed by atoms with Gasteiger partial charge in [0.05, 0.1) is 5.56 Å². The summed E-state index contributed by atoms with van der Waals surface area (Å²) in [5, 5.41) is 13.3. The Bertz CT molecular complexity index is 453. The van der Waals surface area contributed by atoms with E-state index >= 15 is 0 Å². The molecule has 19 heavy (non-hydrogen) atoms. The zero-order chi connectivity index (χ0) is 13.8. The number of aryl methyl sites for hydroxylation is 1. The van der Waals surface area contributed by atoms with Gasteiger partial charge in [-0.2, -0.15) is 11.8 Å². The van der Waals surface area contributed by atoms with Crippen molar-refractivity contribution in [2.45, 2.75) is 43.9 Å². The average Bonchev–Trinajstić information content (AvgIpc) is 2.41. The number of carboxylic acids is 1. The number of thioether (sulfide) groups is 1. The number of benzene rings is 1. The van der Waals surface area contributed by atoms with Gasteiger partial charge in [0.25, 0.3) is 0 Å². The molecule has 2 N–H and O–H groups in total. The van der Waals surface area contributed by atoms with Crippen molar-refractivity contribution in [1.82, 2.24) is 0 Å². The number of hydrogen-bond acceptors (Lipinski definition) is 3. The third-order valence-corrected chi connectivity index (χ3v) is 4.98. The summed E-state index contributed by atoms with van der Waals surface area (Å²) < 4.78 is 0. The zero-order valence-corrected chi connectivity index (χ0v) is 12.3. The summed E-state index contributed by atoms with van der Waals surface area (Å²) in [5.74, 6) is -0.866. The van der Waals surface area contributed by atoms with Gasteiger partial charge >= 0.3 is 5.97 Å². The van der Waals surface area contributed by atoms with Gasteiger partial charge in [-0.3, -0.25) is 0 Å². The summed E-state index contributed by atoms with van der Waals surface area (Å²) in [6, 6.07) is 5.82. The number of carbonyl (C=O) groups is 1. The predicted octanol–water partition coefficient (Wildman–Crippen LogP) is 3.78. The van der Waals surface area contributed by atoms with Gasteiger partial charge in [-0.05, 0) is 62.6 Å². The molecule has 0 saturated heterocycles. The second-order valence-electron chi connectivity index (χ2n) is 5.19. The van der Waals surface area contributed by atoms with Crippen LogP contribution in [0.2, 0.25) is 0 Å². The van der Waals surface area contributed by atoms with E-state index in [1.807, 2.05) is 24.8 Å². The fraction of sp³-hybridized carbons (Fsp3) is 0.533. The van der Waals surface area contributed by atoms with E-state index < -0.39 is 5.97 Å². The van der Waals surface area contributed by atoms with Crippen LogP contribution in [0.5, 0.6) is 0 Å². The van der Waals surface area contributed by atoms with Crippen LogP contribution in [0.15, 0.2) is 18.2 Å². The first-order valence-electron chi connectivity index (χ1n) is 6.73. The van der Waals surface area contributed by atoms with Crippen LogP contribution in [0.4, 0.5) is 5.69 Å². The Kier molecular flexibility index (Phi) is 4.75. The molecule has 0 aromatic heterocycles. The summed E-state index contributed by atoms with van der Waals surface area (Å²) in [6.45, 7) is 1.96. The molecule has 1 aromatic carbocycles. The van der Waals surface area contributed by atoms with Gasteiger partial charge < -0.3 is 10.4 Å². The molecule has 0 bridgehead atoms. The second kappa shape index (κ2) is 6.33. The summed E-state index contributed by atoms with van der Waals surface area (Å²) in [6.07, 6.45) is 7.13. The lowest BCUT2D eigenvalue weighted by molar-refractivity contribution is 0.0697. The van der Waals surface area contributed by atoms with Gasteiger partial charge in [-0.1, -0.05) is 0 Å². The molecule has 0 unspecified atom stereocenters. The molecule has 1 fully saturated rings. The molecule has 0 atom stereocenters. The van der Waals surface area contributed by atoms with Gasteiger partial charge in [-0.25, -0.2) is 4.79 Å². The molecule has 2 rings (SSSR count). The van der Waals surface area contributed by atoms with E-state index in [0.29, 0.717) is 11.6 Å². The molecule has 0 spiro atoms. The molecule has 0 amide bonds. The molecule has 3 nitrogen and oxygen atoms in total. The van der Waals surface area contributed by atoms with Crippen LogP contribution < -0.4 is 5.32 Å². The Labute approximate surface area is 118 Å². The molecule has 104 valence electrons. The first-order valence-corrected chi connectivity index (χ1v) is 8.02. The Hall–Kier alpha value is -1.16. The molecule has 4 heteroatoms. The number of rotatable bonds is 4. The van der Waals surface area contributed by atoms with Crippen molar-refractivity contribution in [3.05, 3.63) is 29.3 Å². The van der Waals surface area contributed by atoms with Crippen molar-refractivity contribution >= 4 is 23.4 Å². The maximum absolute atomic E-state index is 10.9. The van der Waals surface area contributed by atoms with E-state index in [-0.39, 0.29) is 0 Å². The monoisotopic (exact) mass is 279 g/mol. The molecule has 0 aliphatic heterocycles. The molecule has 1 aliphatic rings. The van der Waals surface area contributed by atoms with Crippen molar-refractivity contribution in [3.8, 4) is 0 Å². The lowest BCUT2D eigenvalue weighted by Crippen LogP contribution is -2.27. The highest BCUT2D eigenvalue weighted by Crippen LogP contribution is 2.29. The minimum absolute atomic E-state index is 0.356. The molecule has 0 radical (unpaired) electrons. The van der Waals surface area contributed by atoms with Crippen LogP contribution in [-0.4, -0.2) is 28.6 Å². The molecular weight excluding hydrogens is 258 g/mol.